The van der Waals surface area contributed by atoms with Crippen LogP contribution in [0.4, 0.5) is 0 Å². The highest BCUT2D eigenvalue weighted by atomic mass is 16.1. The number of nitrogens with zero attached hydrogens (tertiary/aromatic N) is 2. The second-order valence-electron chi connectivity index (χ2n) is 3.56. The third-order valence-electron chi connectivity index (χ3n) is 2.23. The van der Waals surface area contributed by atoms with Gasteiger partial charge in [-0.1, -0.05) is 0 Å². The minimum absolute atomic E-state index is 0.618. The molecule has 2 aromatic heterocycles. The van der Waals surface area contributed by atoms with Crippen LogP contribution in [0.5, 0.6) is 0 Å². The van der Waals surface area contributed by atoms with Gasteiger partial charge in [0.25, 0.3) is 0 Å². The van der Waals surface area contributed by atoms with Crippen molar-refractivity contribution in [3.05, 3.63) is 47.4 Å². The normalized spacial score (nSPS) is 10.3. The Hall–Kier alpha value is -1.90. The highest BCUT2D eigenvalue weighted by Gasteiger charge is 2.04. The van der Waals surface area contributed by atoms with Gasteiger partial charge < -0.3 is 0 Å². The fourth-order valence-corrected chi connectivity index (χ4v) is 1.64. The lowest BCUT2D eigenvalue weighted by atomic mass is 10.2. The lowest BCUT2D eigenvalue weighted by molar-refractivity contribution is 0.111. The van der Waals surface area contributed by atoms with Crippen LogP contribution in [0.15, 0.2) is 30.5 Å². The van der Waals surface area contributed by atoms with Gasteiger partial charge >= 0.3 is 0 Å². The molecule has 0 N–H and O–H groups in total. The van der Waals surface area contributed by atoms with E-state index in [1.807, 2.05) is 38.2 Å². The van der Waals surface area contributed by atoms with Gasteiger partial charge in [-0.2, -0.15) is 0 Å². The quantitative estimate of drug-likeness (QED) is 0.697. The van der Waals surface area contributed by atoms with E-state index in [1.165, 1.54) is 0 Å². The molecule has 0 bridgehead atoms. The van der Waals surface area contributed by atoms with E-state index in [0.717, 1.165) is 23.4 Å². The van der Waals surface area contributed by atoms with Crippen LogP contribution >= 0.6 is 0 Å². The highest BCUT2D eigenvalue weighted by molar-refractivity contribution is 5.73. The molecule has 0 spiro atoms. The predicted octanol–water partition coefficient (Wildman–Crippen LogP) is 2.30. The van der Waals surface area contributed by atoms with Crippen molar-refractivity contribution in [3.8, 4) is 5.82 Å². The molecule has 0 aliphatic carbocycles. The van der Waals surface area contributed by atoms with Crippen LogP contribution in [-0.2, 0) is 0 Å². The molecule has 3 heteroatoms. The number of hydrogen-bond acceptors (Lipinski definition) is 2. The average Bonchev–Trinajstić information content (AvgIpc) is 2.63. The van der Waals surface area contributed by atoms with Crippen LogP contribution in [0.3, 0.4) is 0 Å². The van der Waals surface area contributed by atoms with Crippen molar-refractivity contribution in [1.82, 2.24) is 9.55 Å². The first-order valence-electron chi connectivity index (χ1n) is 4.79. The van der Waals surface area contributed by atoms with Crippen LogP contribution < -0.4 is 0 Å². The zero-order chi connectivity index (χ0) is 10.8. The van der Waals surface area contributed by atoms with Crippen molar-refractivity contribution < 1.29 is 4.79 Å². The molecule has 2 rings (SSSR count). The van der Waals surface area contributed by atoms with Gasteiger partial charge in [0.1, 0.15) is 5.82 Å². The molecular weight excluding hydrogens is 188 g/mol. The van der Waals surface area contributed by atoms with E-state index in [2.05, 4.69) is 4.98 Å². The summed E-state index contributed by atoms with van der Waals surface area (Å²) in [6.07, 6.45) is 2.67. The van der Waals surface area contributed by atoms with Gasteiger partial charge in [-0.3, -0.25) is 9.36 Å². The third kappa shape index (κ3) is 1.81. The summed E-state index contributed by atoms with van der Waals surface area (Å²) in [5, 5.41) is 0. The van der Waals surface area contributed by atoms with E-state index < -0.39 is 0 Å². The first-order chi connectivity index (χ1) is 7.20. The Bertz CT molecular complexity index is 480. The Morgan fingerprint density at radius 1 is 1.33 bits per heavy atom. The molecular formula is C12H12N2O. The molecule has 0 unspecified atom stereocenters. The largest absolute Gasteiger partial charge is 0.299 e. The number of rotatable bonds is 2. The van der Waals surface area contributed by atoms with Gasteiger partial charge in [0, 0.05) is 11.9 Å². The predicted molar refractivity (Wildman–Crippen MR) is 58.4 cm³/mol. The van der Waals surface area contributed by atoms with Gasteiger partial charge in [0.05, 0.1) is 5.69 Å². The molecule has 0 saturated carbocycles. The molecule has 0 fully saturated rings. The van der Waals surface area contributed by atoms with Gasteiger partial charge in [-0.25, -0.2) is 4.98 Å². The van der Waals surface area contributed by atoms with E-state index >= 15 is 0 Å². The fraction of sp³-hybridized carbons (Fsp3) is 0.167. The summed E-state index contributed by atoms with van der Waals surface area (Å²) in [4.78, 5) is 15.2. The number of pyridine rings is 1. The summed E-state index contributed by atoms with van der Waals surface area (Å²) < 4.78 is 1.78. The molecule has 15 heavy (non-hydrogen) atoms. The number of hydrogen-bond donors (Lipinski definition) is 0. The Morgan fingerprint density at radius 2 is 2.13 bits per heavy atom. The van der Waals surface area contributed by atoms with E-state index in [1.54, 1.807) is 10.6 Å². The highest BCUT2D eigenvalue weighted by Crippen LogP contribution is 2.12. The zero-order valence-electron chi connectivity index (χ0n) is 8.77. The Labute approximate surface area is 88.4 Å². The molecule has 2 heterocycles. The first kappa shape index (κ1) is 9.65. The average molecular weight is 200 g/mol. The van der Waals surface area contributed by atoms with Crippen molar-refractivity contribution in [2.45, 2.75) is 13.8 Å². The summed E-state index contributed by atoms with van der Waals surface area (Å²) in [7, 11) is 0. The monoisotopic (exact) mass is 200 g/mol. The SMILES string of the molecule is Cc1cc(C)nc(-n2cccc2C=O)c1. The third-order valence-corrected chi connectivity index (χ3v) is 2.23. The summed E-state index contributed by atoms with van der Waals surface area (Å²) in [5.41, 5.74) is 2.71. The smallest absolute Gasteiger partial charge is 0.166 e. The lowest BCUT2D eigenvalue weighted by Crippen LogP contribution is -2.01. The van der Waals surface area contributed by atoms with Crippen LogP contribution in [0.25, 0.3) is 5.82 Å². The fourth-order valence-electron chi connectivity index (χ4n) is 1.64. The van der Waals surface area contributed by atoms with Crippen LogP contribution in [0, 0.1) is 13.8 Å². The topological polar surface area (TPSA) is 34.9 Å². The zero-order valence-corrected chi connectivity index (χ0v) is 8.77. The summed E-state index contributed by atoms with van der Waals surface area (Å²) >= 11 is 0. The molecule has 0 atom stereocenters. The van der Waals surface area contributed by atoms with Crippen molar-refractivity contribution in [1.29, 1.82) is 0 Å². The summed E-state index contributed by atoms with van der Waals surface area (Å²) in [6, 6.07) is 7.57. The van der Waals surface area contributed by atoms with Crippen molar-refractivity contribution in [2.24, 2.45) is 0 Å². The molecule has 0 aliphatic rings. The van der Waals surface area contributed by atoms with Crippen molar-refractivity contribution in [2.75, 3.05) is 0 Å². The second kappa shape index (κ2) is 3.69. The molecule has 2 aromatic rings. The standard InChI is InChI=1S/C12H12N2O/c1-9-6-10(2)13-12(7-9)14-5-3-4-11(14)8-15/h3-8H,1-2H3. The van der Waals surface area contributed by atoms with Gasteiger partial charge in [-0.15, -0.1) is 0 Å². The minimum atomic E-state index is 0.618. The molecule has 0 radical (unpaired) electrons. The van der Waals surface area contributed by atoms with Crippen LogP contribution in [0.2, 0.25) is 0 Å². The summed E-state index contributed by atoms with van der Waals surface area (Å²) in [5.74, 6) is 0.791. The molecule has 0 aliphatic heterocycles. The minimum Gasteiger partial charge on any atom is -0.299 e. The van der Waals surface area contributed by atoms with E-state index in [0.29, 0.717) is 5.69 Å². The Balaban J connectivity index is 2.58. The van der Waals surface area contributed by atoms with Crippen LogP contribution in [-0.4, -0.2) is 15.8 Å². The van der Waals surface area contributed by atoms with Crippen molar-refractivity contribution in [3.63, 3.8) is 0 Å². The maximum atomic E-state index is 10.8. The van der Waals surface area contributed by atoms with E-state index in [-0.39, 0.29) is 0 Å². The van der Waals surface area contributed by atoms with E-state index in [9.17, 15) is 4.79 Å². The van der Waals surface area contributed by atoms with Gasteiger partial charge in [0.2, 0.25) is 0 Å². The molecule has 0 aromatic carbocycles. The number of aromatic nitrogens is 2. The molecule has 76 valence electrons. The molecule has 0 amide bonds. The number of aryl methyl sites for hydroxylation is 2. The lowest BCUT2D eigenvalue weighted by Gasteiger charge is -2.06. The maximum absolute atomic E-state index is 10.8. The summed E-state index contributed by atoms with van der Waals surface area (Å²) in [6.45, 7) is 3.96. The Kier molecular flexibility index (Phi) is 2.37. The number of carbonyl (C=O) groups excluding carboxylic acids is 1. The van der Waals surface area contributed by atoms with Crippen molar-refractivity contribution >= 4 is 6.29 Å². The maximum Gasteiger partial charge on any atom is 0.166 e. The van der Waals surface area contributed by atoms with E-state index in [4.69, 9.17) is 0 Å². The molecule has 3 nitrogen and oxygen atoms in total. The molecule has 0 saturated heterocycles. The Morgan fingerprint density at radius 3 is 2.80 bits per heavy atom. The number of carbonyl (C=O) groups is 1. The van der Waals surface area contributed by atoms with Crippen LogP contribution in [0.1, 0.15) is 21.7 Å². The van der Waals surface area contributed by atoms with Gasteiger partial charge in [-0.05, 0) is 43.7 Å². The van der Waals surface area contributed by atoms with Gasteiger partial charge in [0.15, 0.2) is 6.29 Å². The number of aldehydes is 1. The first-order valence-corrected chi connectivity index (χ1v) is 4.79. The second-order valence-corrected chi connectivity index (χ2v) is 3.56.